The van der Waals surface area contributed by atoms with Crippen molar-refractivity contribution in [3.8, 4) is 6.07 Å². The fourth-order valence-electron chi connectivity index (χ4n) is 2.16. The first kappa shape index (κ1) is 11.0. The summed E-state index contributed by atoms with van der Waals surface area (Å²) in [7, 11) is 1.77. The number of hydrogen-bond acceptors (Lipinski definition) is 3. The van der Waals surface area contributed by atoms with Crippen LogP contribution in [0.15, 0.2) is 24.3 Å². The maximum absolute atomic E-state index is 8.69. The largest absolute Gasteiger partial charge is 0.382 e. The number of hydrogen-bond donors (Lipinski definition) is 1. The van der Waals surface area contributed by atoms with Gasteiger partial charge in [-0.25, -0.2) is 0 Å². The van der Waals surface area contributed by atoms with Crippen LogP contribution in [0.4, 0.5) is 5.69 Å². The van der Waals surface area contributed by atoms with Crippen LogP contribution in [0.2, 0.25) is 0 Å². The Morgan fingerprint density at radius 3 is 2.62 bits per heavy atom. The molecule has 1 saturated carbocycles. The molecule has 1 aromatic rings. The topological polar surface area (TPSA) is 45.0 Å². The maximum Gasteiger partial charge on any atom is 0.0991 e. The van der Waals surface area contributed by atoms with Crippen LogP contribution in [0.5, 0.6) is 0 Å². The summed E-state index contributed by atoms with van der Waals surface area (Å²) in [4.78, 5) is 0. The molecule has 3 heteroatoms. The molecule has 0 bridgehead atoms. The van der Waals surface area contributed by atoms with Crippen LogP contribution < -0.4 is 5.32 Å². The number of nitrogens with one attached hydrogen (secondary N) is 1. The second-order valence-corrected chi connectivity index (χ2v) is 4.20. The van der Waals surface area contributed by atoms with Crippen molar-refractivity contribution in [2.75, 3.05) is 12.4 Å². The average Bonchev–Trinajstić information content (AvgIpc) is 2.78. The number of anilines is 1. The van der Waals surface area contributed by atoms with E-state index in [4.69, 9.17) is 10.00 Å². The van der Waals surface area contributed by atoms with Gasteiger partial charge in [-0.2, -0.15) is 5.26 Å². The van der Waals surface area contributed by atoms with E-state index in [9.17, 15) is 0 Å². The van der Waals surface area contributed by atoms with Crippen LogP contribution in [0.25, 0.3) is 0 Å². The minimum absolute atomic E-state index is 0.399. The molecule has 2 unspecified atom stereocenters. The zero-order chi connectivity index (χ0) is 11.4. The summed E-state index contributed by atoms with van der Waals surface area (Å²) in [5.74, 6) is 0. The standard InChI is InChI=1S/C13H16N2O/c1-16-13-7-6-12(8-13)15-11-4-2-10(9-14)3-5-11/h2-5,12-13,15H,6-8H2,1H3. The second-order valence-electron chi connectivity index (χ2n) is 4.20. The highest BCUT2D eigenvalue weighted by molar-refractivity contribution is 5.47. The van der Waals surface area contributed by atoms with Gasteiger partial charge in [-0.05, 0) is 43.5 Å². The van der Waals surface area contributed by atoms with Crippen molar-refractivity contribution < 1.29 is 4.74 Å². The second kappa shape index (κ2) is 5.00. The first-order valence-corrected chi connectivity index (χ1v) is 5.61. The molecule has 0 amide bonds. The quantitative estimate of drug-likeness (QED) is 0.844. The van der Waals surface area contributed by atoms with Gasteiger partial charge >= 0.3 is 0 Å². The maximum atomic E-state index is 8.69. The highest BCUT2D eigenvalue weighted by Gasteiger charge is 2.23. The summed E-state index contributed by atoms with van der Waals surface area (Å²) in [5.41, 5.74) is 1.78. The van der Waals surface area contributed by atoms with Crippen molar-refractivity contribution in [2.24, 2.45) is 0 Å². The molecule has 0 heterocycles. The number of benzene rings is 1. The van der Waals surface area contributed by atoms with Gasteiger partial charge in [0.25, 0.3) is 0 Å². The van der Waals surface area contributed by atoms with Crippen LogP contribution in [-0.4, -0.2) is 19.3 Å². The minimum Gasteiger partial charge on any atom is -0.382 e. The van der Waals surface area contributed by atoms with E-state index in [1.165, 1.54) is 0 Å². The van der Waals surface area contributed by atoms with E-state index in [1.54, 1.807) is 7.11 Å². The van der Waals surface area contributed by atoms with Crippen LogP contribution >= 0.6 is 0 Å². The van der Waals surface area contributed by atoms with Crippen LogP contribution in [0, 0.1) is 11.3 Å². The lowest BCUT2D eigenvalue weighted by Gasteiger charge is -2.14. The molecule has 16 heavy (non-hydrogen) atoms. The van der Waals surface area contributed by atoms with E-state index < -0.39 is 0 Å². The van der Waals surface area contributed by atoms with Gasteiger partial charge < -0.3 is 10.1 Å². The molecule has 1 fully saturated rings. The molecule has 1 N–H and O–H groups in total. The minimum atomic E-state index is 0.399. The van der Waals surface area contributed by atoms with Gasteiger partial charge in [0.15, 0.2) is 0 Å². The monoisotopic (exact) mass is 216 g/mol. The molecule has 0 aromatic heterocycles. The Bertz CT molecular complexity index is 380. The number of nitriles is 1. The Morgan fingerprint density at radius 2 is 2.06 bits per heavy atom. The van der Waals surface area contributed by atoms with Gasteiger partial charge in [0.2, 0.25) is 0 Å². The predicted molar refractivity (Wildman–Crippen MR) is 63.2 cm³/mol. The average molecular weight is 216 g/mol. The van der Waals surface area contributed by atoms with Crippen molar-refractivity contribution in [3.05, 3.63) is 29.8 Å². The first-order valence-electron chi connectivity index (χ1n) is 5.61. The van der Waals surface area contributed by atoms with Gasteiger partial charge in [0, 0.05) is 18.8 Å². The van der Waals surface area contributed by atoms with Gasteiger partial charge in [0.1, 0.15) is 0 Å². The molecule has 2 atom stereocenters. The molecule has 1 aliphatic carbocycles. The third kappa shape index (κ3) is 2.53. The summed E-state index contributed by atoms with van der Waals surface area (Å²) in [6.45, 7) is 0. The molecule has 0 spiro atoms. The molecule has 1 aliphatic rings. The van der Waals surface area contributed by atoms with Crippen molar-refractivity contribution in [3.63, 3.8) is 0 Å². The number of ether oxygens (including phenoxy) is 1. The lowest BCUT2D eigenvalue weighted by Crippen LogP contribution is -2.17. The molecular weight excluding hydrogens is 200 g/mol. The Labute approximate surface area is 96.0 Å². The van der Waals surface area contributed by atoms with Gasteiger partial charge in [-0.15, -0.1) is 0 Å². The van der Waals surface area contributed by atoms with E-state index in [2.05, 4.69) is 11.4 Å². The third-order valence-electron chi connectivity index (χ3n) is 3.10. The van der Waals surface area contributed by atoms with Crippen molar-refractivity contribution in [2.45, 2.75) is 31.4 Å². The van der Waals surface area contributed by atoms with Crippen LogP contribution in [0.3, 0.4) is 0 Å². The van der Waals surface area contributed by atoms with Crippen molar-refractivity contribution >= 4 is 5.69 Å². The fraction of sp³-hybridized carbons (Fsp3) is 0.462. The van der Waals surface area contributed by atoms with E-state index in [0.717, 1.165) is 24.9 Å². The molecular formula is C13H16N2O. The predicted octanol–water partition coefficient (Wildman–Crippen LogP) is 2.54. The Hall–Kier alpha value is -1.53. The van der Waals surface area contributed by atoms with Gasteiger partial charge in [-0.1, -0.05) is 0 Å². The smallest absolute Gasteiger partial charge is 0.0991 e. The summed E-state index contributed by atoms with van der Waals surface area (Å²) < 4.78 is 5.33. The Kier molecular flexibility index (Phi) is 3.43. The summed E-state index contributed by atoms with van der Waals surface area (Å²) in [6, 6.07) is 10.2. The lowest BCUT2D eigenvalue weighted by atomic mass is 10.2. The highest BCUT2D eigenvalue weighted by Crippen LogP contribution is 2.24. The van der Waals surface area contributed by atoms with E-state index in [-0.39, 0.29) is 0 Å². The lowest BCUT2D eigenvalue weighted by molar-refractivity contribution is 0.108. The molecule has 0 radical (unpaired) electrons. The first-order chi connectivity index (χ1) is 7.81. The third-order valence-corrected chi connectivity index (χ3v) is 3.10. The highest BCUT2D eigenvalue weighted by atomic mass is 16.5. The van der Waals surface area contributed by atoms with E-state index in [1.807, 2.05) is 24.3 Å². The fourth-order valence-corrected chi connectivity index (χ4v) is 2.16. The zero-order valence-electron chi connectivity index (χ0n) is 9.44. The Balaban J connectivity index is 1.92. The molecule has 0 saturated heterocycles. The van der Waals surface area contributed by atoms with E-state index >= 15 is 0 Å². The number of rotatable bonds is 3. The summed E-state index contributed by atoms with van der Waals surface area (Å²) in [5, 5.41) is 12.2. The number of nitrogens with zero attached hydrogens (tertiary/aromatic N) is 1. The van der Waals surface area contributed by atoms with E-state index in [0.29, 0.717) is 17.7 Å². The molecule has 1 aromatic carbocycles. The van der Waals surface area contributed by atoms with Crippen LogP contribution in [-0.2, 0) is 4.74 Å². The molecule has 3 nitrogen and oxygen atoms in total. The normalized spacial score (nSPS) is 24.0. The molecule has 0 aliphatic heterocycles. The SMILES string of the molecule is COC1CCC(Nc2ccc(C#N)cc2)C1. The molecule has 84 valence electrons. The number of methoxy groups -OCH3 is 1. The summed E-state index contributed by atoms with van der Waals surface area (Å²) in [6.07, 6.45) is 3.75. The van der Waals surface area contributed by atoms with Gasteiger partial charge in [0.05, 0.1) is 17.7 Å². The zero-order valence-corrected chi connectivity index (χ0v) is 9.44. The Morgan fingerprint density at radius 1 is 1.31 bits per heavy atom. The van der Waals surface area contributed by atoms with Crippen molar-refractivity contribution in [1.82, 2.24) is 0 Å². The molecule has 2 rings (SSSR count). The van der Waals surface area contributed by atoms with Crippen molar-refractivity contribution in [1.29, 1.82) is 5.26 Å². The van der Waals surface area contributed by atoms with Crippen LogP contribution in [0.1, 0.15) is 24.8 Å². The summed E-state index contributed by atoms with van der Waals surface area (Å²) >= 11 is 0. The van der Waals surface area contributed by atoms with Gasteiger partial charge in [-0.3, -0.25) is 0 Å².